The first kappa shape index (κ1) is 16.5. The fourth-order valence-electron chi connectivity index (χ4n) is 2.62. The van der Waals surface area contributed by atoms with Crippen LogP contribution in [0.4, 0.5) is 17.6 Å². The largest absolute Gasteiger partial charge is 0.417 e. The molecule has 21 heavy (non-hydrogen) atoms. The summed E-state index contributed by atoms with van der Waals surface area (Å²) in [5, 5.41) is 2.84. The van der Waals surface area contributed by atoms with Crippen LogP contribution in [0.15, 0.2) is 18.2 Å². The molecular formula is C14H17ClF4N2. The van der Waals surface area contributed by atoms with E-state index in [1.807, 2.05) is 4.90 Å². The maximum absolute atomic E-state index is 12.9. The Hall–Kier alpha value is -0.850. The van der Waals surface area contributed by atoms with Gasteiger partial charge in [-0.05, 0) is 24.1 Å². The Balaban J connectivity index is 2.31. The number of nitrogens with one attached hydrogen (secondary N) is 1. The Morgan fingerprint density at radius 1 is 1.24 bits per heavy atom. The molecule has 0 amide bonds. The summed E-state index contributed by atoms with van der Waals surface area (Å²) in [6.45, 7) is 2.31. The van der Waals surface area contributed by atoms with Gasteiger partial charge in [0.1, 0.15) is 0 Å². The molecular weight excluding hydrogens is 308 g/mol. The van der Waals surface area contributed by atoms with E-state index in [9.17, 15) is 17.6 Å². The summed E-state index contributed by atoms with van der Waals surface area (Å²) >= 11 is 5.63. The molecule has 1 aliphatic heterocycles. The third-order valence-electron chi connectivity index (χ3n) is 3.66. The third kappa shape index (κ3) is 4.08. The highest BCUT2D eigenvalue weighted by atomic mass is 35.5. The maximum Gasteiger partial charge on any atom is 0.417 e. The smallest absolute Gasteiger partial charge is 0.314 e. The van der Waals surface area contributed by atoms with Crippen molar-refractivity contribution in [1.82, 2.24) is 10.2 Å². The molecule has 1 aromatic rings. The van der Waals surface area contributed by atoms with Gasteiger partial charge in [0, 0.05) is 32.2 Å². The zero-order valence-corrected chi connectivity index (χ0v) is 12.1. The van der Waals surface area contributed by atoms with Crippen molar-refractivity contribution in [3.05, 3.63) is 34.3 Å². The first-order valence-electron chi connectivity index (χ1n) is 6.81. The van der Waals surface area contributed by atoms with E-state index < -0.39 is 18.4 Å². The normalized spacial score (nSPS) is 18.7. The average Bonchev–Trinajstić information content (AvgIpc) is 2.45. The first-order chi connectivity index (χ1) is 9.93. The second-order valence-electron chi connectivity index (χ2n) is 5.02. The van der Waals surface area contributed by atoms with Crippen molar-refractivity contribution < 1.29 is 17.6 Å². The Kier molecular flexibility index (Phi) is 5.46. The van der Waals surface area contributed by atoms with E-state index >= 15 is 0 Å². The molecule has 0 radical (unpaired) electrons. The van der Waals surface area contributed by atoms with Crippen molar-refractivity contribution in [1.29, 1.82) is 0 Å². The molecule has 7 heteroatoms. The van der Waals surface area contributed by atoms with E-state index in [1.165, 1.54) is 6.07 Å². The summed E-state index contributed by atoms with van der Waals surface area (Å²) in [6.07, 6.45) is -4.32. The minimum Gasteiger partial charge on any atom is -0.314 e. The quantitative estimate of drug-likeness (QED) is 0.850. The zero-order valence-electron chi connectivity index (χ0n) is 11.4. The van der Waals surface area contributed by atoms with Crippen LogP contribution in [-0.2, 0) is 6.18 Å². The first-order valence-corrected chi connectivity index (χ1v) is 7.18. The molecule has 1 aromatic carbocycles. The Labute approximate surface area is 126 Å². The Morgan fingerprint density at radius 3 is 2.48 bits per heavy atom. The molecule has 1 N–H and O–H groups in total. The molecule has 2 nitrogen and oxygen atoms in total. The molecule has 0 aliphatic carbocycles. The lowest BCUT2D eigenvalue weighted by atomic mass is 9.99. The number of halogens is 5. The number of piperazine rings is 1. The lowest BCUT2D eigenvalue weighted by Crippen LogP contribution is -2.45. The van der Waals surface area contributed by atoms with Gasteiger partial charge in [-0.15, -0.1) is 0 Å². The van der Waals surface area contributed by atoms with E-state index in [0.717, 1.165) is 19.2 Å². The van der Waals surface area contributed by atoms with Gasteiger partial charge in [0.2, 0.25) is 0 Å². The van der Waals surface area contributed by atoms with Crippen molar-refractivity contribution in [3.8, 4) is 0 Å². The van der Waals surface area contributed by atoms with Gasteiger partial charge < -0.3 is 5.32 Å². The average molecular weight is 325 g/mol. The van der Waals surface area contributed by atoms with Gasteiger partial charge >= 0.3 is 6.18 Å². The summed E-state index contributed by atoms with van der Waals surface area (Å²) in [5.41, 5.74) is -0.396. The van der Waals surface area contributed by atoms with Crippen molar-refractivity contribution in [2.24, 2.45) is 0 Å². The minimum atomic E-state index is -4.50. The number of hydrogen-bond acceptors (Lipinski definition) is 2. The van der Waals surface area contributed by atoms with Crippen LogP contribution in [0.25, 0.3) is 0 Å². The zero-order chi connectivity index (χ0) is 15.5. The minimum absolute atomic E-state index is 0.179. The molecule has 0 unspecified atom stereocenters. The lowest BCUT2D eigenvalue weighted by molar-refractivity contribution is -0.137. The molecule has 1 heterocycles. The van der Waals surface area contributed by atoms with Crippen LogP contribution in [0, 0.1) is 0 Å². The third-order valence-corrected chi connectivity index (χ3v) is 3.99. The van der Waals surface area contributed by atoms with Crippen molar-refractivity contribution >= 4 is 11.6 Å². The lowest BCUT2D eigenvalue weighted by Gasteiger charge is -2.35. The summed E-state index contributed by atoms with van der Waals surface area (Å²) in [5.74, 6) is 0. The van der Waals surface area contributed by atoms with Crippen LogP contribution >= 0.6 is 11.6 Å². The maximum atomic E-state index is 12.9. The molecule has 0 saturated carbocycles. The van der Waals surface area contributed by atoms with Crippen molar-refractivity contribution in [2.75, 3.05) is 32.9 Å². The molecule has 118 valence electrons. The van der Waals surface area contributed by atoms with Gasteiger partial charge in [-0.3, -0.25) is 9.29 Å². The summed E-state index contributed by atoms with van der Waals surface area (Å²) < 4.78 is 51.6. The van der Waals surface area contributed by atoms with Gasteiger partial charge in [0.05, 0.1) is 17.3 Å². The molecule has 2 rings (SSSR count). The van der Waals surface area contributed by atoms with Crippen LogP contribution in [0.1, 0.15) is 23.6 Å². The molecule has 1 saturated heterocycles. The van der Waals surface area contributed by atoms with Gasteiger partial charge in [-0.1, -0.05) is 17.7 Å². The molecule has 0 spiro atoms. The number of benzene rings is 1. The fourth-order valence-corrected chi connectivity index (χ4v) is 2.85. The summed E-state index contributed by atoms with van der Waals surface area (Å²) in [7, 11) is 0. The number of nitrogens with zero attached hydrogens (tertiary/aromatic N) is 1. The predicted molar refractivity (Wildman–Crippen MR) is 74.2 cm³/mol. The van der Waals surface area contributed by atoms with Crippen LogP contribution in [0.2, 0.25) is 5.02 Å². The van der Waals surface area contributed by atoms with Crippen LogP contribution in [0.5, 0.6) is 0 Å². The second-order valence-corrected chi connectivity index (χ2v) is 5.42. The highest BCUT2D eigenvalue weighted by Gasteiger charge is 2.34. The van der Waals surface area contributed by atoms with E-state index in [4.69, 9.17) is 11.6 Å². The molecule has 1 aliphatic rings. The van der Waals surface area contributed by atoms with E-state index in [1.54, 1.807) is 6.07 Å². The van der Waals surface area contributed by atoms with E-state index in [0.29, 0.717) is 18.7 Å². The standard InChI is InChI=1S/C14H17ClF4N2/c15-12-2-1-10(9-11(12)14(17,18)19)13(3-4-16)21-7-5-20-6-8-21/h1-2,9,13,20H,3-8H2/t13-/m0/s1. The summed E-state index contributed by atoms with van der Waals surface area (Å²) in [6, 6.07) is 3.49. The Morgan fingerprint density at radius 2 is 1.90 bits per heavy atom. The van der Waals surface area contributed by atoms with E-state index in [-0.39, 0.29) is 17.5 Å². The highest BCUT2D eigenvalue weighted by molar-refractivity contribution is 6.31. The second kappa shape index (κ2) is 6.94. The Bertz CT molecular complexity index is 473. The van der Waals surface area contributed by atoms with Crippen LogP contribution < -0.4 is 5.32 Å². The number of hydrogen-bond donors (Lipinski definition) is 1. The van der Waals surface area contributed by atoms with Gasteiger partial charge in [-0.2, -0.15) is 13.2 Å². The molecule has 0 bridgehead atoms. The molecule has 1 fully saturated rings. The number of rotatable bonds is 4. The number of alkyl halides is 4. The topological polar surface area (TPSA) is 15.3 Å². The monoisotopic (exact) mass is 324 g/mol. The summed E-state index contributed by atoms with van der Waals surface area (Å²) in [4.78, 5) is 2.01. The van der Waals surface area contributed by atoms with E-state index in [2.05, 4.69) is 5.32 Å². The molecule has 1 atom stereocenters. The highest BCUT2D eigenvalue weighted by Crippen LogP contribution is 2.37. The van der Waals surface area contributed by atoms with Gasteiger partial charge in [0.25, 0.3) is 0 Å². The van der Waals surface area contributed by atoms with Crippen molar-refractivity contribution in [2.45, 2.75) is 18.6 Å². The molecule has 0 aromatic heterocycles. The van der Waals surface area contributed by atoms with Crippen molar-refractivity contribution in [3.63, 3.8) is 0 Å². The van der Waals surface area contributed by atoms with Crippen LogP contribution in [-0.4, -0.2) is 37.8 Å². The predicted octanol–water partition coefficient (Wildman–Crippen LogP) is 3.66. The SMILES string of the molecule is FCC[C@@H](c1ccc(Cl)c(C(F)(F)F)c1)N1CCNCC1. The van der Waals surface area contributed by atoms with Gasteiger partial charge in [0.15, 0.2) is 0 Å². The fraction of sp³-hybridized carbons (Fsp3) is 0.571. The van der Waals surface area contributed by atoms with Crippen LogP contribution in [0.3, 0.4) is 0 Å². The van der Waals surface area contributed by atoms with Gasteiger partial charge in [-0.25, -0.2) is 0 Å².